The molecule has 0 amide bonds. The summed E-state index contributed by atoms with van der Waals surface area (Å²) >= 11 is 0. The van der Waals surface area contributed by atoms with Gasteiger partial charge in [-0.15, -0.1) is 6.58 Å². The number of nitrogens with zero attached hydrogens (tertiary/aromatic N) is 3. The maximum absolute atomic E-state index is 10.9. The van der Waals surface area contributed by atoms with Gasteiger partial charge in [-0.1, -0.05) is 6.08 Å². The predicted octanol–water partition coefficient (Wildman–Crippen LogP) is 1.16. The fraction of sp³-hybridized carbons (Fsp3) is 0.400. The van der Waals surface area contributed by atoms with Crippen molar-refractivity contribution in [2.45, 2.75) is 6.92 Å². The molecule has 0 saturated heterocycles. The first-order chi connectivity index (χ1) is 6.61. The van der Waals surface area contributed by atoms with E-state index in [-0.39, 0.29) is 0 Å². The van der Waals surface area contributed by atoms with Crippen molar-refractivity contribution in [3.63, 3.8) is 0 Å². The van der Waals surface area contributed by atoms with Crippen molar-refractivity contribution >= 4 is 12.1 Å². The molecule has 0 aliphatic heterocycles. The van der Waals surface area contributed by atoms with Crippen LogP contribution in [0.15, 0.2) is 12.7 Å². The molecule has 1 aromatic rings. The molecule has 0 aliphatic carbocycles. The Bertz CT molecular complexity index is 354. The Hall–Kier alpha value is -1.58. The van der Waals surface area contributed by atoms with Gasteiger partial charge in [0.15, 0.2) is 6.29 Å². The Morgan fingerprint density at radius 1 is 1.64 bits per heavy atom. The zero-order valence-corrected chi connectivity index (χ0v) is 8.82. The maximum atomic E-state index is 10.9. The van der Waals surface area contributed by atoms with E-state index in [2.05, 4.69) is 11.7 Å². The first-order valence-electron chi connectivity index (χ1n) is 4.42. The minimum atomic E-state index is 0.650. The van der Waals surface area contributed by atoms with Crippen molar-refractivity contribution in [2.24, 2.45) is 7.05 Å². The van der Waals surface area contributed by atoms with Crippen LogP contribution in [-0.2, 0) is 7.05 Å². The molecule has 0 spiro atoms. The number of aldehydes is 1. The summed E-state index contributed by atoms with van der Waals surface area (Å²) in [6.45, 7) is 6.18. The number of aryl methyl sites for hydroxylation is 2. The maximum Gasteiger partial charge on any atom is 0.155 e. The number of rotatable bonds is 4. The molecule has 0 bridgehead atoms. The van der Waals surface area contributed by atoms with E-state index >= 15 is 0 Å². The van der Waals surface area contributed by atoms with Crippen LogP contribution in [0.4, 0.5) is 5.82 Å². The highest BCUT2D eigenvalue weighted by atomic mass is 16.1. The van der Waals surface area contributed by atoms with Gasteiger partial charge in [-0.2, -0.15) is 5.10 Å². The van der Waals surface area contributed by atoms with E-state index < -0.39 is 0 Å². The van der Waals surface area contributed by atoms with Gasteiger partial charge in [0.05, 0.1) is 11.3 Å². The third-order valence-electron chi connectivity index (χ3n) is 2.12. The minimum absolute atomic E-state index is 0.650. The molecule has 0 aromatic carbocycles. The number of hydrogen-bond acceptors (Lipinski definition) is 3. The van der Waals surface area contributed by atoms with Gasteiger partial charge >= 0.3 is 0 Å². The van der Waals surface area contributed by atoms with Crippen LogP contribution < -0.4 is 4.90 Å². The summed E-state index contributed by atoms with van der Waals surface area (Å²) in [6, 6.07) is 0. The molecular formula is C10H15N3O. The molecule has 0 radical (unpaired) electrons. The molecule has 1 heterocycles. The zero-order chi connectivity index (χ0) is 10.7. The highest BCUT2D eigenvalue weighted by molar-refractivity contribution is 5.84. The first kappa shape index (κ1) is 10.5. The van der Waals surface area contributed by atoms with Crippen molar-refractivity contribution in [2.75, 3.05) is 18.5 Å². The van der Waals surface area contributed by atoms with Crippen LogP contribution in [0.1, 0.15) is 16.1 Å². The second-order valence-corrected chi connectivity index (χ2v) is 3.23. The Labute approximate surface area is 83.8 Å². The average molecular weight is 193 g/mol. The van der Waals surface area contributed by atoms with Gasteiger partial charge in [0.2, 0.25) is 0 Å². The molecule has 0 fully saturated rings. The topological polar surface area (TPSA) is 38.1 Å². The smallest absolute Gasteiger partial charge is 0.155 e. The molecule has 0 saturated carbocycles. The van der Waals surface area contributed by atoms with Crippen LogP contribution in [0.5, 0.6) is 0 Å². The lowest BCUT2D eigenvalue weighted by Crippen LogP contribution is -2.20. The second kappa shape index (κ2) is 4.09. The number of carbonyl (C=O) groups excluding carboxylic acids is 1. The van der Waals surface area contributed by atoms with Crippen LogP contribution in [-0.4, -0.2) is 29.7 Å². The van der Waals surface area contributed by atoms with Crippen LogP contribution in [0.2, 0.25) is 0 Å². The SMILES string of the molecule is C=CCN(C)c1c(C=O)c(C)nn1C. The molecule has 14 heavy (non-hydrogen) atoms. The van der Waals surface area contributed by atoms with E-state index in [4.69, 9.17) is 0 Å². The monoisotopic (exact) mass is 193 g/mol. The van der Waals surface area contributed by atoms with Crippen molar-refractivity contribution < 1.29 is 4.79 Å². The fourth-order valence-corrected chi connectivity index (χ4v) is 1.53. The van der Waals surface area contributed by atoms with Crippen molar-refractivity contribution in [3.05, 3.63) is 23.9 Å². The van der Waals surface area contributed by atoms with Gasteiger partial charge in [-0.3, -0.25) is 9.48 Å². The Morgan fingerprint density at radius 2 is 2.29 bits per heavy atom. The molecule has 1 aromatic heterocycles. The predicted molar refractivity (Wildman–Crippen MR) is 56.8 cm³/mol. The van der Waals surface area contributed by atoms with E-state index in [1.165, 1.54) is 0 Å². The molecule has 1 rings (SSSR count). The van der Waals surface area contributed by atoms with Crippen molar-refractivity contribution in [1.29, 1.82) is 0 Å². The quantitative estimate of drug-likeness (QED) is 0.532. The second-order valence-electron chi connectivity index (χ2n) is 3.23. The van der Waals surface area contributed by atoms with E-state index in [1.54, 1.807) is 10.8 Å². The fourth-order valence-electron chi connectivity index (χ4n) is 1.53. The van der Waals surface area contributed by atoms with Crippen molar-refractivity contribution in [1.82, 2.24) is 9.78 Å². The molecule has 4 heteroatoms. The molecule has 0 atom stereocenters. The van der Waals surface area contributed by atoms with E-state index in [1.807, 2.05) is 25.9 Å². The number of likely N-dealkylation sites (N-methyl/N-ethyl adjacent to an activating group) is 1. The molecule has 76 valence electrons. The normalized spacial score (nSPS) is 9.93. The summed E-state index contributed by atoms with van der Waals surface area (Å²) in [7, 11) is 3.74. The van der Waals surface area contributed by atoms with Crippen LogP contribution in [0.25, 0.3) is 0 Å². The van der Waals surface area contributed by atoms with Gasteiger partial charge < -0.3 is 4.90 Å². The summed E-state index contributed by atoms with van der Waals surface area (Å²) in [6.07, 6.45) is 2.63. The summed E-state index contributed by atoms with van der Waals surface area (Å²) in [5.41, 5.74) is 1.41. The molecular weight excluding hydrogens is 178 g/mol. The lowest BCUT2D eigenvalue weighted by Gasteiger charge is -2.17. The Balaban J connectivity index is 3.16. The van der Waals surface area contributed by atoms with Crippen LogP contribution >= 0.6 is 0 Å². The first-order valence-corrected chi connectivity index (χ1v) is 4.42. The van der Waals surface area contributed by atoms with Crippen LogP contribution in [0, 0.1) is 6.92 Å². The summed E-state index contributed by atoms with van der Waals surface area (Å²) in [5, 5.41) is 4.19. The van der Waals surface area contributed by atoms with Gasteiger partial charge in [-0.05, 0) is 6.92 Å². The molecule has 0 aliphatic rings. The van der Waals surface area contributed by atoms with Gasteiger partial charge in [0.1, 0.15) is 5.82 Å². The number of carbonyl (C=O) groups is 1. The molecule has 0 N–H and O–H groups in total. The Morgan fingerprint density at radius 3 is 2.79 bits per heavy atom. The minimum Gasteiger partial charge on any atom is -0.356 e. The van der Waals surface area contributed by atoms with Crippen molar-refractivity contribution in [3.8, 4) is 0 Å². The lowest BCUT2D eigenvalue weighted by atomic mass is 10.2. The highest BCUT2D eigenvalue weighted by Gasteiger charge is 2.14. The van der Waals surface area contributed by atoms with E-state index in [9.17, 15) is 4.79 Å². The Kier molecular flexibility index (Phi) is 3.06. The van der Waals surface area contributed by atoms with Gasteiger partial charge in [0, 0.05) is 20.6 Å². The third-order valence-corrected chi connectivity index (χ3v) is 2.12. The highest BCUT2D eigenvalue weighted by Crippen LogP contribution is 2.19. The summed E-state index contributed by atoms with van der Waals surface area (Å²) in [4.78, 5) is 12.8. The van der Waals surface area contributed by atoms with Crippen LogP contribution in [0.3, 0.4) is 0 Å². The summed E-state index contributed by atoms with van der Waals surface area (Å²) < 4.78 is 1.71. The number of anilines is 1. The largest absolute Gasteiger partial charge is 0.356 e. The lowest BCUT2D eigenvalue weighted by molar-refractivity contribution is 0.112. The van der Waals surface area contributed by atoms with E-state index in [0.29, 0.717) is 12.1 Å². The summed E-state index contributed by atoms with van der Waals surface area (Å²) in [5.74, 6) is 0.831. The van der Waals surface area contributed by atoms with Gasteiger partial charge in [-0.25, -0.2) is 0 Å². The third kappa shape index (κ3) is 1.69. The van der Waals surface area contributed by atoms with Gasteiger partial charge in [0.25, 0.3) is 0 Å². The average Bonchev–Trinajstić information content (AvgIpc) is 2.40. The zero-order valence-electron chi connectivity index (χ0n) is 8.82. The standard InChI is InChI=1S/C10H15N3O/c1-5-6-12(3)10-9(7-14)8(2)11-13(10)4/h5,7H,1,6H2,2-4H3. The molecule has 4 nitrogen and oxygen atoms in total. The van der Waals surface area contributed by atoms with E-state index in [0.717, 1.165) is 17.8 Å². The number of hydrogen-bond donors (Lipinski definition) is 0. The number of aromatic nitrogens is 2. The molecule has 0 unspecified atom stereocenters.